The molecule has 15 heteroatoms. The summed E-state index contributed by atoms with van der Waals surface area (Å²) in [5.74, 6) is -2.49. The summed E-state index contributed by atoms with van der Waals surface area (Å²) in [5, 5.41) is 62.5. The number of benzene rings is 2. The first kappa shape index (κ1) is 41.9. The Bertz CT molecular complexity index is 1790. The van der Waals surface area contributed by atoms with Crippen LogP contribution in [0.5, 0.6) is 11.5 Å². The highest BCUT2D eigenvalue weighted by atomic mass is 16.6. The number of unbranched alkanes of at least 4 members (excludes halogenated alkanes) is 2. The molecule has 0 bridgehead atoms. The van der Waals surface area contributed by atoms with Crippen LogP contribution in [0.1, 0.15) is 94.6 Å². The molecule has 4 aliphatic rings. The lowest BCUT2D eigenvalue weighted by Crippen LogP contribution is -2.69. The minimum atomic E-state index is -1.92. The molecule has 2 heterocycles. The van der Waals surface area contributed by atoms with E-state index in [2.05, 4.69) is 11.4 Å². The maximum atomic E-state index is 14.2. The van der Waals surface area contributed by atoms with Crippen molar-refractivity contribution in [3.05, 3.63) is 75.4 Å². The fourth-order valence-corrected chi connectivity index (χ4v) is 9.33. The van der Waals surface area contributed by atoms with Crippen LogP contribution in [0.3, 0.4) is 0 Å². The van der Waals surface area contributed by atoms with Crippen LogP contribution in [-0.2, 0) is 16.2 Å². The van der Waals surface area contributed by atoms with Gasteiger partial charge in [-0.3, -0.25) is 14.9 Å². The number of aliphatic hydroxyl groups excluding tert-OH is 2. The number of phenolic OH excluding ortho intramolecular Hbond substituents is 1. The lowest BCUT2D eigenvalue weighted by atomic mass is 9.55. The number of likely N-dealkylation sites (tertiary alicyclic amines) is 1. The third-order valence-electron chi connectivity index (χ3n) is 12.0. The molecule has 6 rings (SSSR count). The van der Waals surface area contributed by atoms with Gasteiger partial charge in [-0.25, -0.2) is 4.79 Å². The van der Waals surface area contributed by atoms with E-state index in [0.29, 0.717) is 75.2 Å². The number of nitrogens with zero attached hydrogens (tertiary/aromatic N) is 4. The van der Waals surface area contributed by atoms with Gasteiger partial charge in [0.2, 0.25) is 11.7 Å². The number of non-ortho nitro benzene ring substituents is 1. The standard InChI is InChI=1S/C42H57N5O10/c1-2-19-46(41(52)43-18-8-21-45-20-7-11-38(45)51)37-26-35(44-56-27-28-12-14-30(15-13-28)47(54)55)33-24-29(9-3-5-22-48)32(10-4-6-23-49)39-34-25-31(50)16-17-36(34)57-42(37,53)40(33)39/h12-17,24-25,29,32,37,39-40,48-50,53H,2-11,18-23,26-27H2,1H3,(H,43,52)/t29-,32+,37-,39+,40+,42+/m0/s1. The number of nitro benzene ring substituents is 1. The molecule has 310 valence electrons. The Kier molecular flexibility index (Phi) is 14.1. The molecule has 2 aliphatic carbocycles. The molecule has 0 radical (unpaired) electrons. The number of ether oxygens (including phenoxy) is 1. The van der Waals surface area contributed by atoms with Crippen molar-refractivity contribution in [2.45, 2.75) is 102 Å². The minimum absolute atomic E-state index is 0.0157. The van der Waals surface area contributed by atoms with Crippen LogP contribution >= 0.6 is 0 Å². The average Bonchev–Trinajstić information content (AvgIpc) is 3.61. The van der Waals surface area contributed by atoms with E-state index in [1.165, 1.54) is 18.2 Å². The van der Waals surface area contributed by atoms with Gasteiger partial charge in [-0.15, -0.1) is 0 Å². The zero-order chi connectivity index (χ0) is 40.5. The quantitative estimate of drug-likeness (QED) is 0.0700. The van der Waals surface area contributed by atoms with Crippen molar-refractivity contribution < 1.29 is 44.5 Å². The van der Waals surface area contributed by atoms with Gasteiger partial charge < -0.3 is 45.1 Å². The summed E-state index contributed by atoms with van der Waals surface area (Å²) in [4.78, 5) is 46.6. The molecular formula is C42H57N5O10. The second kappa shape index (κ2) is 19.1. The normalized spacial score (nSPS) is 25.6. The summed E-state index contributed by atoms with van der Waals surface area (Å²) in [5.41, 5.74) is 2.64. The van der Waals surface area contributed by atoms with Crippen molar-refractivity contribution >= 4 is 23.3 Å². The van der Waals surface area contributed by atoms with E-state index in [1.54, 1.807) is 29.2 Å². The molecule has 1 saturated heterocycles. The molecule has 2 aromatic carbocycles. The van der Waals surface area contributed by atoms with Crippen LogP contribution in [0, 0.1) is 27.9 Å². The largest absolute Gasteiger partial charge is 0.508 e. The number of urea groups is 1. The number of nitrogens with one attached hydrogen (secondary N) is 1. The number of carbonyl (C=O) groups is 2. The maximum absolute atomic E-state index is 14.2. The maximum Gasteiger partial charge on any atom is 0.317 e. The first-order valence-electron chi connectivity index (χ1n) is 20.5. The second-order valence-electron chi connectivity index (χ2n) is 15.7. The van der Waals surface area contributed by atoms with Crippen LogP contribution in [0.4, 0.5) is 10.5 Å². The Hall–Kier alpha value is -4.73. The summed E-state index contributed by atoms with van der Waals surface area (Å²) in [6, 6.07) is 9.61. The molecule has 2 fully saturated rings. The third-order valence-corrected chi connectivity index (χ3v) is 12.0. The van der Waals surface area contributed by atoms with Gasteiger partial charge in [0.05, 0.1) is 16.6 Å². The number of allylic oxidation sites excluding steroid dienone is 1. The molecule has 1 saturated carbocycles. The van der Waals surface area contributed by atoms with Gasteiger partial charge in [0, 0.05) is 75.8 Å². The molecular weight excluding hydrogens is 734 g/mol. The van der Waals surface area contributed by atoms with Crippen LogP contribution in [0.15, 0.2) is 59.3 Å². The predicted octanol–water partition coefficient (Wildman–Crippen LogP) is 5.36. The molecule has 2 aliphatic heterocycles. The second-order valence-corrected chi connectivity index (χ2v) is 15.7. The van der Waals surface area contributed by atoms with Gasteiger partial charge in [-0.05, 0) is 98.2 Å². The highest BCUT2D eigenvalue weighted by Gasteiger charge is 2.64. The molecule has 2 aromatic rings. The number of hydrogen-bond donors (Lipinski definition) is 5. The number of carbonyl (C=O) groups excluding carboxylic acids is 2. The summed E-state index contributed by atoms with van der Waals surface area (Å²) < 4.78 is 6.68. The SMILES string of the molecule is CCCN(C(=O)NCCCN1CCCC1=O)[C@H]1CC(=NOCc2ccc([N+](=O)[O-])cc2)C2=C[C@H](CCCCO)[C@@H](CCCCO)[C@@H]3c4cc(O)ccc4O[C@@]1(O)[C@H]23. The molecule has 0 unspecified atom stereocenters. The minimum Gasteiger partial charge on any atom is -0.508 e. The number of rotatable bonds is 19. The summed E-state index contributed by atoms with van der Waals surface area (Å²) in [6.07, 6.45) is 8.97. The Labute approximate surface area is 333 Å². The Morgan fingerprint density at radius 1 is 1.11 bits per heavy atom. The van der Waals surface area contributed by atoms with Gasteiger partial charge in [0.15, 0.2) is 0 Å². The summed E-state index contributed by atoms with van der Waals surface area (Å²) >= 11 is 0. The lowest BCUT2D eigenvalue weighted by Gasteiger charge is -2.58. The van der Waals surface area contributed by atoms with Crippen LogP contribution in [-0.4, -0.2) is 104 Å². The number of nitro groups is 1. The van der Waals surface area contributed by atoms with Crippen LogP contribution in [0.2, 0.25) is 0 Å². The molecule has 15 nitrogen and oxygen atoms in total. The van der Waals surface area contributed by atoms with Gasteiger partial charge in [-0.1, -0.05) is 31.0 Å². The average molecular weight is 792 g/mol. The van der Waals surface area contributed by atoms with E-state index >= 15 is 0 Å². The Morgan fingerprint density at radius 2 is 1.86 bits per heavy atom. The molecule has 6 atom stereocenters. The monoisotopic (exact) mass is 791 g/mol. The molecule has 5 N–H and O–H groups in total. The van der Waals surface area contributed by atoms with E-state index in [-0.39, 0.29) is 67.4 Å². The van der Waals surface area contributed by atoms with Crippen molar-refractivity contribution in [3.8, 4) is 11.5 Å². The molecule has 0 aromatic heterocycles. The van der Waals surface area contributed by atoms with E-state index in [0.717, 1.165) is 43.4 Å². The highest BCUT2D eigenvalue weighted by Crippen LogP contribution is 2.60. The van der Waals surface area contributed by atoms with Gasteiger partial charge in [-0.2, -0.15) is 0 Å². The number of aliphatic hydroxyl groups is 3. The summed E-state index contributed by atoms with van der Waals surface area (Å²) in [7, 11) is 0. The Morgan fingerprint density at radius 3 is 2.54 bits per heavy atom. The van der Waals surface area contributed by atoms with Gasteiger partial charge in [0.1, 0.15) is 24.1 Å². The van der Waals surface area contributed by atoms with Crippen molar-refractivity contribution in [2.75, 3.05) is 39.4 Å². The molecule has 3 amide bonds. The van der Waals surface area contributed by atoms with Crippen molar-refractivity contribution in [1.82, 2.24) is 15.1 Å². The topological polar surface area (TPSA) is 208 Å². The molecule has 0 spiro atoms. The predicted molar refractivity (Wildman–Crippen MR) is 211 cm³/mol. The van der Waals surface area contributed by atoms with Crippen LogP contribution < -0.4 is 10.1 Å². The number of aromatic hydroxyl groups is 1. The van der Waals surface area contributed by atoms with Crippen molar-refractivity contribution in [2.24, 2.45) is 22.9 Å². The third kappa shape index (κ3) is 9.37. The smallest absolute Gasteiger partial charge is 0.317 e. The first-order chi connectivity index (χ1) is 27.6. The van der Waals surface area contributed by atoms with Crippen molar-refractivity contribution in [1.29, 1.82) is 0 Å². The summed E-state index contributed by atoms with van der Waals surface area (Å²) in [6.45, 7) is 3.97. The number of oxime groups is 1. The van der Waals surface area contributed by atoms with Gasteiger partial charge in [0.25, 0.3) is 5.69 Å². The fraction of sp³-hybridized carbons (Fsp3) is 0.595. The number of hydrogen-bond acceptors (Lipinski definition) is 11. The zero-order valence-electron chi connectivity index (χ0n) is 32.8. The van der Waals surface area contributed by atoms with E-state index in [4.69, 9.17) is 14.7 Å². The van der Waals surface area contributed by atoms with E-state index < -0.39 is 22.7 Å². The zero-order valence-corrected chi connectivity index (χ0v) is 32.8. The van der Waals surface area contributed by atoms with Crippen molar-refractivity contribution in [3.63, 3.8) is 0 Å². The lowest BCUT2D eigenvalue weighted by molar-refractivity contribution is -0.384. The molecule has 57 heavy (non-hydrogen) atoms. The number of amides is 3. The van der Waals surface area contributed by atoms with Gasteiger partial charge >= 0.3 is 6.03 Å². The van der Waals surface area contributed by atoms with E-state index in [9.17, 15) is 40.1 Å². The number of fused-ring (bicyclic) bond motifs is 2. The van der Waals surface area contributed by atoms with E-state index in [1.807, 2.05) is 11.8 Å². The highest BCUT2D eigenvalue weighted by molar-refractivity contribution is 6.03. The fourth-order valence-electron chi connectivity index (χ4n) is 9.33. The first-order valence-corrected chi connectivity index (χ1v) is 20.5. The number of phenols is 1. The van der Waals surface area contributed by atoms with Crippen LogP contribution in [0.25, 0.3) is 0 Å². The Balaban J connectivity index is 1.40.